The molecule has 2 heterocycles. The summed E-state index contributed by atoms with van der Waals surface area (Å²) in [4.78, 5) is 3.92. The molecule has 0 aliphatic carbocycles. The molecule has 1 aromatic rings. The van der Waals surface area contributed by atoms with E-state index in [0.717, 1.165) is 12.3 Å². The fourth-order valence-electron chi connectivity index (χ4n) is 1.02. The molecule has 1 N–H and O–H groups in total. The molecule has 12 heavy (non-hydrogen) atoms. The van der Waals surface area contributed by atoms with Crippen LogP contribution in [0, 0.1) is 0 Å². The van der Waals surface area contributed by atoms with Gasteiger partial charge in [0.25, 0.3) is 6.41 Å². The van der Waals surface area contributed by atoms with Crippen molar-refractivity contribution in [3.05, 3.63) is 24.5 Å². The first kappa shape index (κ1) is 7.52. The molecule has 0 aromatic carbocycles. The van der Waals surface area contributed by atoms with Crippen LogP contribution >= 0.6 is 0 Å². The maximum Gasteiger partial charge on any atom is 0.259 e. The fraction of sp³-hybridized carbons (Fsp3) is 0.375. The molecule has 1 saturated heterocycles. The van der Waals surface area contributed by atoms with E-state index in [2.05, 4.69) is 10.3 Å². The molecule has 1 unspecified atom stereocenters. The lowest BCUT2D eigenvalue weighted by Crippen LogP contribution is -2.28. The number of aromatic nitrogens is 1. The molecule has 1 aliphatic heterocycles. The Morgan fingerprint density at radius 1 is 1.67 bits per heavy atom. The monoisotopic (exact) mass is 166 g/mol. The molecular formula is C8H10N2O2. The quantitative estimate of drug-likeness (QED) is 0.689. The summed E-state index contributed by atoms with van der Waals surface area (Å²) in [6, 6.07) is 3.67. The van der Waals surface area contributed by atoms with E-state index in [9.17, 15) is 0 Å². The molecule has 0 amide bonds. The molecule has 1 atom stereocenters. The number of pyridine rings is 1. The van der Waals surface area contributed by atoms with Gasteiger partial charge in [0.1, 0.15) is 5.75 Å². The summed E-state index contributed by atoms with van der Waals surface area (Å²) in [5, 5.41) is 3.03. The van der Waals surface area contributed by atoms with Gasteiger partial charge < -0.3 is 9.47 Å². The van der Waals surface area contributed by atoms with Crippen molar-refractivity contribution in [3.8, 4) is 5.75 Å². The van der Waals surface area contributed by atoms with Gasteiger partial charge in [-0.25, -0.2) is 0 Å². The zero-order chi connectivity index (χ0) is 8.23. The van der Waals surface area contributed by atoms with E-state index >= 15 is 0 Å². The Hall–Kier alpha value is -1.13. The average Bonchev–Trinajstić information content (AvgIpc) is 2.59. The van der Waals surface area contributed by atoms with Gasteiger partial charge in [0.2, 0.25) is 0 Å². The lowest BCUT2D eigenvalue weighted by molar-refractivity contribution is -0.0520. The number of hydrogen-bond donors (Lipinski definition) is 1. The van der Waals surface area contributed by atoms with E-state index in [0.29, 0.717) is 6.61 Å². The van der Waals surface area contributed by atoms with Crippen LogP contribution in [0.1, 0.15) is 0 Å². The summed E-state index contributed by atoms with van der Waals surface area (Å²) in [6.45, 7) is 1.54. The van der Waals surface area contributed by atoms with Gasteiger partial charge in [-0.2, -0.15) is 0 Å². The van der Waals surface area contributed by atoms with Gasteiger partial charge >= 0.3 is 0 Å². The molecule has 1 fully saturated rings. The smallest absolute Gasteiger partial charge is 0.259 e. The number of nitrogens with one attached hydrogen (secondary N) is 1. The minimum Gasteiger partial charge on any atom is -0.450 e. The Bertz CT molecular complexity index is 234. The van der Waals surface area contributed by atoms with Gasteiger partial charge in [-0.05, 0) is 12.1 Å². The summed E-state index contributed by atoms with van der Waals surface area (Å²) in [5.41, 5.74) is 0. The minimum atomic E-state index is -0.311. The summed E-state index contributed by atoms with van der Waals surface area (Å²) in [7, 11) is 0. The maximum atomic E-state index is 5.38. The van der Waals surface area contributed by atoms with Crippen LogP contribution in [0.2, 0.25) is 0 Å². The standard InChI is InChI=1S/C8H10N2O2/c1-2-7(6-9-3-1)12-8-10-4-5-11-8/h1-3,6,8,10H,4-5H2. The van der Waals surface area contributed by atoms with E-state index in [1.54, 1.807) is 12.4 Å². The van der Waals surface area contributed by atoms with E-state index in [1.807, 2.05) is 12.1 Å². The Kier molecular flexibility index (Phi) is 2.20. The third-order valence-corrected chi connectivity index (χ3v) is 1.56. The van der Waals surface area contributed by atoms with Gasteiger partial charge in [-0.3, -0.25) is 10.3 Å². The van der Waals surface area contributed by atoms with Gasteiger partial charge in [0, 0.05) is 12.7 Å². The molecule has 1 aromatic heterocycles. The van der Waals surface area contributed by atoms with Crippen molar-refractivity contribution in [3.63, 3.8) is 0 Å². The van der Waals surface area contributed by atoms with Crippen LogP contribution in [-0.2, 0) is 4.74 Å². The van der Waals surface area contributed by atoms with Crippen molar-refractivity contribution in [2.75, 3.05) is 13.2 Å². The number of rotatable bonds is 2. The van der Waals surface area contributed by atoms with Crippen molar-refractivity contribution in [2.45, 2.75) is 6.41 Å². The van der Waals surface area contributed by atoms with Gasteiger partial charge in [-0.1, -0.05) is 0 Å². The lowest BCUT2D eigenvalue weighted by Gasteiger charge is -2.11. The first-order chi connectivity index (χ1) is 5.95. The normalized spacial score (nSPS) is 22.5. The highest BCUT2D eigenvalue weighted by Gasteiger charge is 2.15. The zero-order valence-electron chi connectivity index (χ0n) is 6.56. The van der Waals surface area contributed by atoms with E-state index in [4.69, 9.17) is 9.47 Å². The van der Waals surface area contributed by atoms with Crippen LogP contribution in [0.3, 0.4) is 0 Å². The number of hydrogen-bond acceptors (Lipinski definition) is 4. The molecule has 0 spiro atoms. The van der Waals surface area contributed by atoms with Gasteiger partial charge in [0.05, 0.1) is 12.8 Å². The van der Waals surface area contributed by atoms with E-state index < -0.39 is 0 Å². The number of ether oxygens (including phenoxy) is 2. The van der Waals surface area contributed by atoms with Crippen molar-refractivity contribution in [1.82, 2.24) is 10.3 Å². The SMILES string of the molecule is c1cncc(OC2NCCO2)c1. The Morgan fingerprint density at radius 3 is 3.33 bits per heavy atom. The maximum absolute atomic E-state index is 5.38. The molecule has 0 saturated carbocycles. The van der Waals surface area contributed by atoms with Crippen LogP contribution in [0.25, 0.3) is 0 Å². The third-order valence-electron chi connectivity index (χ3n) is 1.56. The zero-order valence-corrected chi connectivity index (χ0v) is 6.56. The molecule has 4 nitrogen and oxygen atoms in total. The first-order valence-corrected chi connectivity index (χ1v) is 3.87. The Morgan fingerprint density at radius 2 is 2.67 bits per heavy atom. The van der Waals surface area contributed by atoms with Crippen LogP contribution in [0.4, 0.5) is 0 Å². The summed E-state index contributed by atoms with van der Waals surface area (Å²) < 4.78 is 10.6. The van der Waals surface area contributed by atoms with Crippen molar-refractivity contribution in [1.29, 1.82) is 0 Å². The Labute approximate surface area is 70.5 Å². The second kappa shape index (κ2) is 3.51. The highest BCUT2D eigenvalue weighted by molar-refractivity contribution is 5.15. The van der Waals surface area contributed by atoms with Crippen LogP contribution in [-0.4, -0.2) is 24.5 Å². The Balaban J connectivity index is 1.94. The molecule has 4 heteroatoms. The fourth-order valence-corrected chi connectivity index (χ4v) is 1.02. The van der Waals surface area contributed by atoms with Crippen molar-refractivity contribution < 1.29 is 9.47 Å². The second-order valence-electron chi connectivity index (χ2n) is 2.46. The minimum absolute atomic E-state index is 0.311. The first-order valence-electron chi connectivity index (χ1n) is 3.87. The summed E-state index contributed by atoms with van der Waals surface area (Å²) in [6.07, 6.45) is 3.05. The topological polar surface area (TPSA) is 43.4 Å². The second-order valence-corrected chi connectivity index (χ2v) is 2.46. The largest absolute Gasteiger partial charge is 0.450 e. The average molecular weight is 166 g/mol. The predicted molar refractivity (Wildman–Crippen MR) is 42.6 cm³/mol. The molecular weight excluding hydrogens is 156 g/mol. The van der Waals surface area contributed by atoms with Gasteiger partial charge in [-0.15, -0.1) is 0 Å². The summed E-state index contributed by atoms with van der Waals surface area (Å²) in [5.74, 6) is 0.719. The van der Waals surface area contributed by atoms with Crippen molar-refractivity contribution in [2.24, 2.45) is 0 Å². The third kappa shape index (κ3) is 1.72. The molecule has 0 bridgehead atoms. The van der Waals surface area contributed by atoms with Gasteiger partial charge in [0.15, 0.2) is 0 Å². The van der Waals surface area contributed by atoms with E-state index in [-0.39, 0.29) is 6.41 Å². The molecule has 1 aliphatic rings. The van der Waals surface area contributed by atoms with Crippen LogP contribution < -0.4 is 10.1 Å². The number of nitrogens with zero attached hydrogens (tertiary/aromatic N) is 1. The van der Waals surface area contributed by atoms with Crippen LogP contribution in [0.5, 0.6) is 5.75 Å². The molecule has 2 rings (SSSR count). The predicted octanol–water partition coefficient (Wildman–Crippen LogP) is 0.364. The highest BCUT2D eigenvalue weighted by Crippen LogP contribution is 2.09. The lowest BCUT2D eigenvalue weighted by atomic mass is 10.5. The van der Waals surface area contributed by atoms with Crippen LogP contribution in [0.15, 0.2) is 24.5 Å². The molecule has 0 radical (unpaired) electrons. The molecule has 64 valence electrons. The van der Waals surface area contributed by atoms with E-state index in [1.165, 1.54) is 0 Å². The summed E-state index contributed by atoms with van der Waals surface area (Å²) >= 11 is 0. The highest BCUT2D eigenvalue weighted by atomic mass is 16.7. The van der Waals surface area contributed by atoms with Crippen molar-refractivity contribution >= 4 is 0 Å².